The maximum Gasteiger partial charge on any atom is 0.0707 e. The van der Waals surface area contributed by atoms with Crippen LogP contribution in [0, 0.1) is 6.92 Å². The van der Waals surface area contributed by atoms with E-state index in [0.29, 0.717) is 0 Å². The molecule has 0 unspecified atom stereocenters. The van der Waals surface area contributed by atoms with Gasteiger partial charge in [0.15, 0.2) is 0 Å². The SMILES string of the molecule is CCc1ccnc(-c2cc3cn[nH]c3cc2C)c1. The molecule has 0 amide bonds. The van der Waals surface area contributed by atoms with Crippen LogP contribution in [0.2, 0.25) is 0 Å². The van der Waals surface area contributed by atoms with E-state index in [0.717, 1.165) is 23.0 Å². The van der Waals surface area contributed by atoms with E-state index in [1.165, 1.54) is 16.7 Å². The molecule has 2 aromatic heterocycles. The van der Waals surface area contributed by atoms with Gasteiger partial charge in [-0.2, -0.15) is 5.10 Å². The quantitative estimate of drug-likeness (QED) is 0.741. The molecule has 1 aromatic carbocycles. The van der Waals surface area contributed by atoms with Crippen molar-refractivity contribution in [3.63, 3.8) is 0 Å². The number of hydrogen-bond acceptors (Lipinski definition) is 2. The van der Waals surface area contributed by atoms with Crippen molar-refractivity contribution >= 4 is 10.9 Å². The number of aryl methyl sites for hydroxylation is 2. The smallest absolute Gasteiger partial charge is 0.0707 e. The molecule has 3 aromatic rings. The molecule has 0 spiro atoms. The Kier molecular flexibility index (Phi) is 2.59. The molecule has 0 saturated carbocycles. The van der Waals surface area contributed by atoms with E-state index >= 15 is 0 Å². The Bertz CT molecular complexity index is 698. The van der Waals surface area contributed by atoms with Gasteiger partial charge in [-0.1, -0.05) is 6.92 Å². The summed E-state index contributed by atoms with van der Waals surface area (Å²) in [5.74, 6) is 0. The summed E-state index contributed by atoms with van der Waals surface area (Å²) < 4.78 is 0. The van der Waals surface area contributed by atoms with Gasteiger partial charge in [-0.25, -0.2) is 0 Å². The van der Waals surface area contributed by atoms with Crippen LogP contribution >= 0.6 is 0 Å². The fourth-order valence-electron chi connectivity index (χ4n) is 2.22. The molecule has 90 valence electrons. The zero-order chi connectivity index (χ0) is 12.5. The highest BCUT2D eigenvalue weighted by Crippen LogP contribution is 2.26. The van der Waals surface area contributed by atoms with E-state index in [1.54, 1.807) is 0 Å². The van der Waals surface area contributed by atoms with Crippen molar-refractivity contribution in [2.45, 2.75) is 20.3 Å². The van der Waals surface area contributed by atoms with Crippen molar-refractivity contribution in [2.75, 3.05) is 0 Å². The van der Waals surface area contributed by atoms with Crippen LogP contribution in [0.3, 0.4) is 0 Å². The van der Waals surface area contributed by atoms with Crippen molar-refractivity contribution in [3.8, 4) is 11.3 Å². The van der Waals surface area contributed by atoms with Gasteiger partial charge in [-0.3, -0.25) is 10.1 Å². The molecule has 0 aliphatic rings. The van der Waals surface area contributed by atoms with Gasteiger partial charge in [0.25, 0.3) is 0 Å². The van der Waals surface area contributed by atoms with E-state index in [9.17, 15) is 0 Å². The fourth-order valence-corrected chi connectivity index (χ4v) is 2.22. The Morgan fingerprint density at radius 1 is 1.22 bits per heavy atom. The van der Waals surface area contributed by atoms with Crippen LogP contribution in [-0.4, -0.2) is 15.2 Å². The number of benzene rings is 1. The first-order chi connectivity index (χ1) is 8.78. The summed E-state index contributed by atoms with van der Waals surface area (Å²) in [7, 11) is 0. The monoisotopic (exact) mass is 237 g/mol. The van der Waals surface area contributed by atoms with Crippen LogP contribution in [0.25, 0.3) is 22.2 Å². The van der Waals surface area contributed by atoms with Crippen LogP contribution < -0.4 is 0 Å². The average Bonchev–Trinajstić information content (AvgIpc) is 2.85. The molecule has 1 N–H and O–H groups in total. The lowest BCUT2D eigenvalue weighted by molar-refractivity contribution is 1.12. The second kappa shape index (κ2) is 4.26. The summed E-state index contributed by atoms with van der Waals surface area (Å²) in [4.78, 5) is 4.48. The molecule has 0 bridgehead atoms. The minimum Gasteiger partial charge on any atom is -0.278 e. The highest BCUT2D eigenvalue weighted by atomic mass is 15.1. The molecule has 0 atom stereocenters. The first-order valence-electron chi connectivity index (χ1n) is 6.17. The molecular formula is C15H15N3. The maximum absolute atomic E-state index is 4.48. The topological polar surface area (TPSA) is 41.6 Å². The van der Waals surface area contributed by atoms with Crippen LogP contribution in [0.15, 0.2) is 36.7 Å². The first-order valence-corrected chi connectivity index (χ1v) is 6.17. The fraction of sp³-hybridized carbons (Fsp3) is 0.200. The van der Waals surface area contributed by atoms with Crippen molar-refractivity contribution in [2.24, 2.45) is 0 Å². The van der Waals surface area contributed by atoms with E-state index in [1.807, 2.05) is 12.4 Å². The third-order valence-corrected chi connectivity index (χ3v) is 3.29. The first kappa shape index (κ1) is 11.0. The molecule has 2 heterocycles. The summed E-state index contributed by atoms with van der Waals surface area (Å²) in [6, 6.07) is 8.50. The number of hydrogen-bond donors (Lipinski definition) is 1. The largest absolute Gasteiger partial charge is 0.278 e. The van der Waals surface area contributed by atoms with Gasteiger partial charge in [-0.05, 0) is 48.7 Å². The third kappa shape index (κ3) is 1.78. The van der Waals surface area contributed by atoms with E-state index in [-0.39, 0.29) is 0 Å². The Balaban J connectivity index is 2.20. The zero-order valence-electron chi connectivity index (χ0n) is 10.6. The molecule has 0 radical (unpaired) electrons. The summed E-state index contributed by atoms with van der Waals surface area (Å²) in [6.45, 7) is 4.27. The van der Waals surface area contributed by atoms with Gasteiger partial charge in [0.2, 0.25) is 0 Å². The minimum atomic E-state index is 1.03. The Labute approximate surface area is 106 Å². The second-order valence-electron chi connectivity index (χ2n) is 4.53. The molecular weight excluding hydrogens is 222 g/mol. The number of nitrogens with one attached hydrogen (secondary N) is 1. The number of pyridine rings is 1. The molecule has 3 nitrogen and oxygen atoms in total. The van der Waals surface area contributed by atoms with Crippen molar-refractivity contribution < 1.29 is 0 Å². The number of rotatable bonds is 2. The lowest BCUT2D eigenvalue weighted by Gasteiger charge is -2.07. The van der Waals surface area contributed by atoms with Crippen molar-refractivity contribution in [1.29, 1.82) is 0 Å². The molecule has 18 heavy (non-hydrogen) atoms. The van der Waals surface area contributed by atoms with E-state index < -0.39 is 0 Å². The van der Waals surface area contributed by atoms with Crippen LogP contribution in [0.4, 0.5) is 0 Å². The normalized spacial score (nSPS) is 11.0. The molecule has 0 saturated heterocycles. The Morgan fingerprint density at radius 2 is 2.11 bits per heavy atom. The third-order valence-electron chi connectivity index (χ3n) is 3.29. The molecule has 3 rings (SSSR count). The number of fused-ring (bicyclic) bond motifs is 1. The molecule has 0 fully saturated rings. The standard InChI is InChI=1S/C15H15N3/c1-3-11-4-5-16-15(7-11)13-8-12-9-17-18-14(12)6-10(13)2/h4-9H,3H2,1-2H3,(H,17,18). The zero-order valence-corrected chi connectivity index (χ0v) is 10.6. The predicted octanol–water partition coefficient (Wildman–Crippen LogP) is 3.50. The van der Waals surface area contributed by atoms with Crippen molar-refractivity contribution in [3.05, 3.63) is 47.8 Å². The summed E-state index contributed by atoms with van der Waals surface area (Å²) in [5.41, 5.74) is 5.82. The maximum atomic E-state index is 4.48. The van der Waals surface area contributed by atoms with Gasteiger partial charge in [0.1, 0.15) is 0 Å². The summed E-state index contributed by atoms with van der Waals surface area (Å²) in [5, 5.41) is 8.18. The highest BCUT2D eigenvalue weighted by Gasteiger charge is 2.07. The second-order valence-corrected chi connectivity index (χ2v) is 4.53. The number of nitrogens with zero attached hydrogens (tertiary/aromatic N) is 2. The minimum absolute atomic E-state index is 1.03. The van der Waals surface area contributed by atoms with Gasteiger partial charge >= 0.3 is 0 Å². The van der Waals surface area contributed by atoms with Crippen LogP contribution in [-0.2, 0) is 6.42 Å². The summed E-state index contributed by atoms with van der Waals surface area (Å²) >= 11 is 0. The van der Waals surface area contributed by atoms with Crippen molar-refractivity contribution in [1.82, 2.24) is 15.2 Å². The number of aromatic amines is 1. The van der Waals surface area contributed by atoms with Gasteiger partial charge in [-0.15, -0.1) is 0 Å². The Hall–Kier alpha value is -2.16. The average molecular weight is 237 g/mol. The van der Waals surface area contributed by atoms with Gasteiger partial charge in [0.05, 0.1) is 17.4 Å². The highest BCUT2D eigenvalue weighted by molar-refractivity contribution is 5.85. The number of H-pyrrole nitrogens is 1. The predicted molar refractivity (Wildman–Crippen MR) is 73.4 cm³/mol. The lowest BCUT2D eigenvalue weighted by atomic mass is 10.0. The van der Waals surface area contributed by atoms with Gasteiger partial charge in [0, 0.05) is 17.1 Å². The molecule has 0 aliphatic carbocycles. The van der Waals surface area contributed by atoms with E-state index in [4.69, 9.17) is 0 Å². The van der Waals surface area contributed by atoms with Crippen LogP contribution in [0.1, 0.15) is 18.1 Å². The van der Waals surface area contributed by atoms with Gasteiger partial charge < -0.3 is 0 Å². The lowest BCUT2D eigenvalue weighted by Crippen LogP contribution is -1.89. The van der Waals surface area contributed by atoms with E-state index in [2.05, 4.69) is 53.3 Å². The van der Waals surface area contributed by atoms with Crippen LogP contribution in [0.5, 0.6) is 0 Å². The Morgan fingerprint density at radius 3 is 2.94 bits per heavy atom. The molecule has 0 aliphatic heterocycles. The molecule has 3 heteroatoms. The number of aromatic nitrogens is 3. The summed E-state index contributed by atoms with van der Waals surface area (Å²) in [6.07, 6.45) is 4.76.